The van der Waals surface area contributed by atoms with Crippen LogP contribution in [0.1, 0.15) is 12.7 Å². The van der Waals surface area contributed by atoms with Gasteiger partial charge in [0.15, 0.2) is 0 Å². The molecule has 0 saturated carbocycles. The van der Waals surface area contributed by atoms with E-state index in [1.165, 1.54) is 0 Å². The highest BCUT2D eigenvalue weighted by molar-refractivity contribution is 6.30. The maximum atomic E-state index is 13.5. The zero-order chi connectivity index (χ0) is 18.1. The third kappa shape index (κ3) is 2.80. The van der Waals surface area contributed by atoms with Crippen LogP contribution in [0.5, 0.6) is 0 Å². The van der Waals surface area contributed by atoms with Gasteiger partial charge in [-0.1, -0.05) is 61.0 Å². The van der Waals surface area contributed by atoms with E-state index in [0.29, 0.717) is 22.3 Å². The zero-order valence-electron chi connectivity index (χ0n) is 14.3. The molecule has 3 aromatic carbocycles. The fourth-order valence-corrected chi connectivity index (χ4v) is 3.35. The summed E-state index contributed by atoms with van der Waals surface area (Å²) in [4.78, 5) is 18.2. The molecule has 4 heteroatoms. The number of hydrogen-bond donors (Lipinski definition) is 0. The number of aromatic nitrogens is 2. The van der Waals surface area contributed by atoms with Crippen molar-refractivity contribution in [3.05, 3.63) is 94.0 Å². The molecule has 0 saturated heterocycles. The molecule has 0 unspecified atom stereocenters. The molecule has 0 aliphatic heterocycles. The molecule has 4 aromatic rings. The average Bonchev–Trinajstić information content (AvgIpc) is 2.68. The Bertz CT molecular complexity index is 1130. The van der Waals surface area contributed by atoms with Crippen LogP contribution in [0, 0.1) is 0 Å². The largest absolute Gasteiger partial charge is 0.268 e. The second-order valence-electron chi connectivity index (χ2n) is 6.06. The lowest BCUT2D eigenvalue weighted by molar-refractivity contribution is 0.833. The highest BCUT2D eigenvalue weighted by Gasteiger charge is 2.15. The summed E-state index contributed by atoms with van der Waals surface area (Å²) in [6.45, 7) is 2.01. The van der Waals surface area contributed by atoms with Gasteiger partial charge in [-0.2, -0.15) is 0 Å². The van der Waals surface area contributed by atoms with Gasteiger partial charge in [0.25, 0.3) is 5.56 Å². The van der Waals surface area contributed by atoms with E-state index in [1.54, 1.807) is 4.57 Å². The summed E-state index contributed by atoms with van der Waals surface area (Å²) in [5, 5.41) is 1.29. The first-order chi connectivity index (χ1) is 12.7. The van der Waals surface area contributed by atoms with Gasteiger partial charge in [-0.3, -0.25) is 9.36 Å². The molecule has 0 bridgehead atoms. The van der Waals surface area contributed by atoms with Crippen molar-refractivity contribution in [1.29, 1.82) is 0 Å². The Balaban J connectivity index is 2.08. The van der Waals surface area contributed by atoms with Crippen molar-refractivity contribution in [2.75, 3.05) is 0 Å². The lowest BCUT2D eigenvalue weighted by Gasteiger charge is -2.14. The topological polar surface area (TPSA) is 34.9 Å². The third-order valence-electron chi connectivity index (χ3n) is 4.45. The first-order valence-corrected chi connectivity index (χ1v) is 8.93. The van der Waals surface area contributed by atoms with Gasteiger partial charge < -0.3 is 0 Å². The Morgan fingerprint density at radius 2 is 1.65 bits per heavy atom. The fraction of sp³-hybridized carbons (Fsp3) is 0.0909. The summed E-state index contributed by atoms with van der Waals surface area (Å²) < 4.78 is 1.71. The number of para-hydroxylation sites is 1. The number of aryl methyl sites for hydroxylation is 1. The number of benzene rings is 3. The smallest absolute Gasteiger partial charge is 0.266 e. The predicted molar refractivity (Wildman–Crippen MR) is 107 cm³/mol. The van der Waals surface area contributed by atoms with Gasteiger partial charge in [-0.15, -0.1) is 0 Å². The molecule has 0 fully saturated rings. The number of hydrogen-bond acceptors (Lipinski definition) is 2. The number of fused-ring (bicyclic) bond motifs is 1. The molecule has 0 spiro atoms. The molecule has 1 heterocycles. The van der Waals surface area contributed by atoms with E-state index >= 15 is 0 Å². The Hall–Kier alpha value is -2.91. The van der Waals surface area contributed by atoms with Crippen molar-refractivity contribution >= 4 is 22.5 Å². The molecule has 1 aromatic heterocycles. The van der Waals surface area contributed by atoms with Crippen molar-refractivity contribution < 1.29 is 0 Å². The molecule has 26 heavy (non-hydrogen) atoms. The maximum absolute atomic E-state index is 13.5. The van der Waals surface area contributed by atoms with Crippen LogP contribution < -0.4 is 5.56 Å². The second-order valence-corrected chi connectivity index (χ2v) is 6.50. The summed E-state index contributed by atoms with van der Waals surface area (Å²) in [6.07, 6.45) is 0.672. The fourth-order valence-electron chi connectivity index (χ4n) is 3.23. The van der Waals surface area contributed by atoms with E-state index in [1.807, 2.05) is 79.7 Å². The van der Waals surface area contributed by atoms with Crippen molar-refractivity contribution in [1.82, 2.24) is 9.55 Å². The van der Waals surface area contributed by atoms with Gasteiger partial charge in [0.05, 0.1) is 16.6 Å². The Labute approximate surface area is 156 Å². The minimum Gasteiger partial charge on any atom is -0.268 e. The van der Waals surface area contributed by atoms with E-state index in [0.717, 1.165) is 22.6 Å². The summed E-state index contributed by atoms with van der Waals surface area (Å²) >= 11 is 6.02. The van der Waals surface area contributed by atoms with Crippen molar-refractivity contribution in [2.45, 2.75) is 13.3 Å². The summed E-state index contributed by atoms with van der Waals surface area (Å²) in [5.41, 5.74) is 3.30. The molecular weight excluding hydrogens is 344 g/mol. The predicted octanol–water partition coefficient (Wildman–Crippen LogP) is 5.27. The summed E-state index contributed by atoms with van der Waals surface area (Å²) in [7, 11) is 0. The normalized spacial score (nSPS) is 11.0. The summed E-state index contributed by atoms with van der Waals surface area (Å²) in [6, 6.07) is 23.0. The average molecular weight is 361 g/mol. The first kappa shape index (κ1) is 16.6. The van der Waals surface area contributed by atoms with Gasteiger partial charge in [-0.05, 0) is 41.5 Å². The SMILES string of the molecule is CCc1nc2cccc(-c3ccc(Cl)cc3)c2c(=O)n1-c1ccccc1. The molecule has 4 rings (SSSR count). The van der Waals surface area contributed by atoms with Crippen LogP contribution in [0.15, 0.2) is 77.6 Å². The van der Waals surface area contributed by atoms with Gasteiger partial charge >= 0.3 is 0 Å². The van der Waals surface area contributed by atoms with Crippen LogP contribution in [0.3, 0.4) is 0 Å². The number of rotatable bonds is 3. The molecule has 0 N–H and O–H groups in total. The molecule has 0 aliphatic carbocycles. The van der Waals surface area contributed by atoms with E-state index in [9.17, 15) is 4.79 Å². The molecule has 128 valence electrons. The molecule has 3 nitrogen and oxygen atoms in total. The van der Waals surface area contributed by atoms with Crippen molar-refractivity contribution in [3.8, 4) is 16.8 Å². The van der Waals surface area contributed by atoms with E-state index in [4.69, 9.17) is 16.6 Å². The molecule has 0 atom stereocenters. The van der Waals surface area contributed by atoms with E-state index in [2.05, 4.69) is 0 Å². The minimum absolute atomic E-state index is 0.0522. The number of nitrogens with zero attached hydrogens (tertiary/aromatic N) is 2. The van der Waals surface area contributed by atoms with Crippen LogP contribution in [0.25, 0.3) is 27.7 Å². The lowest BCUT2D eigenvalue weighted by Crippen LogP contribution is -2.24. The monoisotopic (exact) mass is 360 g/mol. The Morgan fingerprint density at radius 1 is 0.923 bits per heavy atom. The highest BCUT2D eigenvalue weighted by atomic mass is 35.5. The third-order valence-corrected chi connectivity index (χ3v) is 4.70. The summed E-state index contributed by atoms with van der Waals surface area (Å²) in [5.74, 6) is 0.752. The molecule has 0 amide bonds. The van der Waals surface area contributed by atoms with Crippen LogP contribution in [0.2, 0.25) is 5.02 Å². The highest BCUT2D eigenvalue weighted by Crippen LogP contribution is 2.27. The second kappa shape index (κ2) is 6.77. The first-order valence-electron chi connectivity index (χ1n) is 8.55. The van der Waals surface area contributed by atoms with Crippen LogP contribution in [-0.2, 0) is 6.42 Å². The standard InChI is InChI=1S/C22H17ClN2O/c1-2-20-24-19-10-6-9-18(15-11-13-16(23)14-12-15)21(19)22(26)25(20)17-7-4-3-5-8-17/h3-14H,2H2,1H3. The van der Waals surface area contributed by atoms with Crippen LogP contribution in [-0.4, -0.2) is 9.55 Å². The van der Waals surface area contributed by atoms with Crippen LogP contribution in [0.4, 0.5) is 0 Å². The van der Waals surface area contributed by atoms with E-state index < -0.39 is 0 Å². The van der Waals surface area contributed by atoms with Gasteiger partial charge in [-0.25, -0.2) is 4.98 Å². The Kier molecular flexibility index (Phi) is 4.31. The van der Waals surface area contributed by atoms with E-state index in [-0.39, 0.29) is 5.56 Å². The van der Waals surface area contributed by atoms with Crippen LogP contribution >= 0.6 is 11.6 Å². The number of halogens is 1. The molecular formula is C22H17ClN2O. The molecule has 0 aliphatic rings. The Morgan fingerprint density at radius 3 is 2.35 bits per heavy atom. The van der Waals surface area contributed by atoms with Gasteiger partial charge in [0.2, 0.25) is 0 Å². The lowest BCUT2D eigenvalue weighted by atomic mass is 10.0. The van der Waals surface area contributed by atoms with Crippen molar-refractivity contribution in [3.63, 3.8) is 0 Å². The van der Waals surface area contributed by atoms with Gasteiger partial charge in [0.1, 0.15) is 5.82 Å². The zero-order valence-corrected chi connectivity index (χ0v) is 15.1. The quantitative estimate of drug-likeness (QED) is 0.499. The molecule has 0 radical (unpaired) electrons. The maximum Gasteiger partial charge on any atom is 0.266 e. The van der Waals surface area contributed by atoms with Crippen molar-refractivity contribution in [2.24, 2.45) is 0 Å². The minimum atomic E-state index is -0.0522. The van der Waals surface area contributed by atoms with Gasteiger partial charge in [0, 0.05) is 11.4 Å².